The van der Waals surface area contributed by atoms with Crippen LogP contribution in [-0.4, -0.2) is 19.1 Å². The minimum Gasteiger partial charge on any atom is -0.494 e. The normalized spacial score (nSPS) is 11.2. The number of hydrogen-bond donors (Lipinski definition) is 1. The molecular formula is C29H47NO2S. The number of thiophene rings is 1. The Morgan fingerprint density at radius 3 is 1.88 bits per heavy atom. The lowest BCUT2D eigenvalue weighted by molar-refractivity contribution is 0.0955. The number of hydrogen-bond acceptors (Lipinski definition) is 3. The molecule has 33 heavy (non-hydrogen) atoms. The lowest BCUT2D eigenvalue weighted by atomic mass is 10.0. The van der Waals surface area contributed by atoms with E-state index >= 15 is 0 Å². The monoisotopic (exact) mass is 473 g/mol. The second-order valence-corrected chi connectivity index (χ2v) is 10.2. The zero-order valence-electron chi connectivity index (χ0n) is 21.3. The number of fused-ring (bicyclic) bond motifs is 1. The van der Waals surface area contributed by atoms with Gasteiger partial charge in [0.05, 0.1) is 12.2 Å². The zero-order valence-corrected chi connectivity index (χ0v) is 22.1. The summed E-state index contributed by atoms with van der Waals surface area (Å²) in [5, 5.41) is 6.06. The SMILES string of the molecule is CCCCCCCCCCCCCCCCCCNC(=O)c1csc2ccc(OCC)cc12. The zero-order chi connectivity index (χ0) is 23.6. The van der Waals surface area contributed by atoms with E-state index in [-0.39, 0.29) is 5.91 Å². The second kappa shape index (κ2) is 17.9. The molecule has 1 aromatic heterocycles. The van der Waals surface area contributed by atoms with Crippen molar-refractivity contribution in [3.63, 3.8) is 0 Å². The van der Waals surface area contributed by atoms with Crippen LogP contribution in [0.25, 0.3) is 10.1 Å². The van der Waals surface area contributed by atoms with Gasteiger partial charge in [-0.2, -0.15) is 0 Å². The number of ether oxygens (including phenoxy) is 1. The van der Waals surface area contributed by atoms with Crippen LogP contribution in [0, 0.1) is 0 Å². The summed E-state index contributed by atoms with van der Waals surface area (Å²) in [7, 11) is 0. The summed E-state index contributed by atoms with van der Waals surface area (Å²) in [6.45, 7) is 5.66. The third-order valence-corrected chi connectivity index (χ3v) is 7.38. The highest BCUT2D eigenvalue weighted by Crippen LogP contribution is 2.29. The molecule has 0 unspecified atom stereocenters. The molecule has 1 amide bonds. The van der Waals surface area contributed by atoms with E-state index in [4.69, 9.17) is 4.74 Å². The van der Waals surface area contributed by atoms with Crippen LogP contribution < -0.4 is 10.1 Å². The minimum atomic E-state index is 0.0378. The smallest absolute Gasteiger partial charge is 0.252 e. The van der Waals surface area contributed by atoms with E-state index in [1.807, 2.05) is 30.5 Å². The van der Waals surface area contributed by atoms with E-state index in [0.29, 0.717) is 6.61 Å². The van der Waals surface area contributed by atoms with Crippen LogP contribution in [-0.2, 0) is 0 Å². The lowest BCUT2D eigenvalue weighted by Gasteiger charge is -2.06. The summed E-state index contributed by atoms with van der Waals surface area (Å²) in [5.74, 6) is 0.867. The second-order valence-electron chi connectivity index (χ2n) is 9.30. The Morgan fingerprint density at radius 1 is 0.788 bits per heavy atom. The summed E-state index contributed by atoms with van der Waals surface area (Å²) in [5.41, 5.74) is 0.771. The molecule has 1 N–H and O–H groups in total. The minimum absolute atomic E-state index is 0.0378. The first-order valence-electron chi connectivity index (χ1n) is 13.7. The number of benzene rings is 1. The largest absolute Gasteiger partial charge is 0.494 e. The highest BCUT2D eigenvalue weighted by atomic mass is 32.1. The molecule has 0 atom stereocenters. The van der Waals surface area contributed by atoms with E-state index in [2.05, 4.69) is 12.2 Å². The van der Waals surface area contributed by atoms with Gasteiger partial charge in [0.15, 0.2) is 0 Å². The molecule has 0 aliphatic heterocycles. The first-order valence-corrected chi connectivity index (χ1v) is 14.6. The maximum absolute atomic E-state index is 12.6. The molecule has 186 valence electrons. The van der Waals surface area contributed by atoms with Crippen LogP contribution in [0.1, 0.15) is 127 Å². The molecular weight excluding hydrogens is 426 g/mol. The molecule has 0 aliphatic carbocycles. The van der Waals surface area contributed by atoms with Gasteiger partial charge < -0.3 is 10.1 Å². The molecule has 0 saturated heterocycles. The van der Waals surface area contributed by atoms with Crippen LogP contribution in [0.3, 0.4) is 0 Å². The Morgan fingerprint density at radius 2 is 1.33 bits per heavy atom. The quantitative estimate of drug-likeness (QED) is 0.195. The fourth-order valence-electron chi connectivity index (χ4n) is 4.41. The van der Waals surface area contributed by atoms with Crippen LogP contribution in [0.5, 0.6) is 5.75 Å². The molecule has 0 aliphatic rings. The van der Waals surface area contributed by atoms with Crippen molar-refractivity contribution in [3.8, 4) is 5.75 Å². The maximum atomic E-state index is 12.6. The molecule has 0 bridgehead atoms. The topological polar surface area (TPSA) is 38.3 Å². The van der Waals surface area contributed by atoms with Crippen LogP contribution in [0.2, 0.25) is 0 Å². The molecule has 2 aromatic rings. The van der Waals surface area contributed by atoms with Crippen molar-refractivity contribution >= 4 is 27.3 Å². The van der Waals surface area contributed by atoms with Gasteiger partial charge in [-0.15, -0.1) is 11.3 Å². The van der Waals surface area contributed by atoms with Crippen molar-refractivity contribution in [3.05, 3.63) is 29.1 Å². The summed E-state index contributed by atoms with van der Waals surface area (Å²) < 4.78 is 6.72. The number of carbonyl (C=O) groups is 1. The van der Waals surface area contributed by atoms with Crippen molar-refractivity contribution in [2.45, 2.75) is 117 Å². The van der Waals surface area contributed by atoms with Crippen LogP contribution in [0.4, 0.5) is 0 Å². The number of amides is 1. The van der Waals surface area contributed by atoms with Gasteiger partial charge in [0.2, 0.25) is 0 Å². The van der Waals surface area contributed by atoms with E-state index < -0.39 is 0 Å². The number of unbranched alkanes of at least 4 members (excludes halogenated alkanes) is 15. The molecule has 0 fully saturated rings. The first kappa shape index (κ1) is 27.7. The van der Waals surface area contributed by atoms with E-state index in [1.54, 1.807) is 11.3 Å². The predicted octanol–water partition coefficient (Wildman–Crippen LogP) is 9.29. The number of nitrogens with one attached hydrogen (secondary N) is 1. The Hall–Kier alpha value is -1.55. The third kappa shape index (κ3) is 11.4. The van der Waals surface area contributed by atoms with Crippen molar-refractivity contribution in [2.24, 2.45) is 0 Å². The van der Waals surface area contributed by atoms with Gasteiger partial charge in [0, 0.05) is 22.0 Å². The molecule has 1 aromatic carbocycles. The van der Waals surface area contributed by atoms with Gasteiger partial charge >= 0.3 is 0 Å². The predicted molar refractivity (Wildman–Crippen MR) is 145 cm³/mol. The molecule has 3 nitrogen and oxygen atoms in total. The van der Waals surface area contributed by atoms with E-state index in [0.717, 1.165) is 34.4 Å². The summed E-state index contributed by atoms with van der Waals surface area (Å²) in [6.07, 6.45) is 21.9. The molecule has 0 spiro atoms. The standard InChI is InChI=1S/C29H47NO2S/c1-3-5-6-7-8-9-10-11-12-13-14-15-16-17-18-19-22-30-29(31)27-24-33-28-21-20-25(32-4-2)23-26(27)28/h20-21,23-24H,3-19,22H2,1-2H3,(H,30,31). The molecule has 0 radical (unpaired) electrons. The van der Waals surface area contributed by atoms with Gasteiger partial charge in [0.1, 0.15) is 5.75 Å². The fraction of sp³-hybridized carbons (Fsp3) is 0.690. The molecule has 4 heteroatoms. The third-order valence-electron chi connectivity index (χ3n) is 6.42. The van der Waals surface area contributed by atoms with Gasteiger partial charge in [-0.3, -0.25) is 4.79 Å². The average Bonchev–Trinajstić information content (AvgIpc) is 3.24. The Bertz CT molecular complexity index is 770. The molecule has 2 rings (SSSR count). The lowest BCUT2D eigenvalue weighted by Crippen LogP contribution is -2.24. The van der Waals surface area contributed by atoms with Gasteiger partial charge in [-0.1, -0.05) is 103 Å². The number of carbonyl (C=O) groups excluding carboxylic acids is 1. The first-order chi connectivity index (χ1) is 16.3. The Kier molecular flexibility index (Phi) is 15.0. The van der Waals surface area contributed by atoms with Crippen LogP contribution >= 0.6 is 11.3 Å². The summed E-state index contributed by atoms with van der Waals surface area (Å²) in [4.78, 5) is 12.6. The van der Waals surface area contributed by atoms with Crippen LogP contribution in [0.15, 0.2) is 23.6 Å². The Balaban J connectivity index is 1.43. The molecule has 0 saturated carbocycles. The van der Waals surface area contributed by atoms with Gasteiger partial charge in [-0.25, -0.2) is 0 Å². The van der Waals surface area contributed by atoms with E-state index in [9.17, 15) is 4.79 Å². The van der Waals surface area contributed by atoms with E-state index in [1.165, 1.54) is 96.3 Å². The average molecular weight is 474 g/mol. The maximum Gasteiger partial charge on any atom is 0.252 e. The Labute approximate surface area is 206 Å². The fourth-order valence-corrected chi connectivity index (χ4v) is 5.33. The van der Waals surface area contributed by atoms with Crippen molar-refractivity contribution < 1.29 is 9.53 Å². The summed E-state index contributed by atoms with van der Waals surface area (Å²) >= 11 is 1.62. The summed E-state index contributed by atoms with van der Waals surface area (Å²) in [6, 6.07) is 6.00. The van der Waals surface area contributed by atoms with Crippen molar-refractivity contribution in [1.82, 2.24) is 5.32 Å². The van der Waals surface area contributed by atoms with Crippen molar-refractivity contribution in [1.29, 1.82) is 0 Å². The molecule has 1 heterocycles. The van der Waals surface area contributed by atoms with Gasteiger partial charge in [-0.05, 0) is 31.5 Å². The van der Waals surface area contributed by atoms with Crippen molar-refractivity contribution in [2.75, 3.05) is 13.2 Å². The number of rotatable bonds is 20. The highest BCUT2D eigenvalue weighted by Gasteiger charge is 2.12. The highest BCUT2D eigenvalue weighted by molar-refractivity contribution is 7.17. The van der Waals surface area contributed by atoms with Gasteiger partial charge in [0.25, 0.3) is 5.91 Å².